The van der Waals surface area contributed by atoms with E-state index in [1.807, 2.05) is 0 Å². The second kappa shape index (κ2) is 5.72. The van der Waals surface area contributed by atoms with Crippen LogP contribution in [0.5, 0.6) is 0 Å². The molecule has 0 aromatic rings. The molecule has 6 heteroatoms. The molecule has 2 N–H and O–H groups in total. The molecular formula is C7H13F3O2S. The molecule has 2 unspecified atom stereocenters. The van der Waals surface area contributed by atoms with Crippen LogP contribution < -0.4 is 0 Å². The molecule has 0 rings (SSSR count). The van der Waals surface area contributed by atoms with Crippen molar-refractivity contribution in [1.29, 1.82) is 0 Å². The van der Waals surface area contributed by atoms with Gasteiger partial charge in [-0.2, -0.15) is 24.9 Å². The smallest absolute Gasteiger partial charge is 0.396 e. The van der Waals surface area contributed by atoms with Gasteiger partial charge in [0.15, 0.2) is 6.10 Å². The van der Waals surface area contributed by atoms with Gasteiger partial charge >= 0.3 is 6.18 Å². The third kappa shape index (κ3) is 6.17. The average Bonchev–Trinajstić information content (AvgIpc) is 1.99. The third-order valence-corrected chi connectivity index (χ3v) is 2.77. The highest BCUT2D eigenvalue weighted by atomic mass is 32.2. The normalized spacial score (nSPS) is 17.1. The van der Waals surface area contributed by atoms with Gasteiger partial charge in [0, 0.05) is 17.6 Å². The summed E-state index contributed by atoms with van der Waals surface area (Å²) in [6, 6.07) is 0. The van der Waals surface area contributed by atoms with E-state index in [2.05, 4.69) is 0 Å². The van der Waals surface area contributed by atoms with Gasteiger partial charge in [-0.3, -0.25) is 0 Å². The zero-order valence-corrected chi connectivity index (χ0v) is 8.03. The Labute approximate surface area is 79.1 Å². The average molecular weight is 218 g/mol. The van der Waals surface area contributed by atoms with Crippen molar-refractivity contribution in [3.8, 4) is 0 Å². The quantitative estimate of drug-likeness (QED) is 0.733. The Hall–Kier alpha value is 0.0600. The number of hydrogen-bond acceptors (Lipinski definition) is 3. The number of aliphatic hydroxyl groups excluding tert-OH is 2. The van der Waals surface area contributed by atoms with Gasteiger partial charge in [-0.25, -0.2) is 0 Å². The molecule has 0 heterocycles. The van der Waals surface area contributed by atoms with Crippen LogP contribution in [0.2, 0.25) is 0 Å². The first kappa shape index (κ1) is 13.1. The highest BCUT2D eigenvalue weighted by Gasteiger charge is 2.38. The molecule has 0 fully saturated rings. The van der Waals surface area contributed by atoms with Gasteiger partial charge in [0.2, 0.25) is 0 Å². The molecule has 0 saturated heterocycles. The number of thioether (sulfide) groups is 1. The Bertz CT molecular complexity index is 140. The zero-order valence-electron chi connectivity index (χ0n) is 7.21. The molecule has 13 heavy (non-hydrogen) atoms. The molecule has 0 bridgehead atoms. The molecule has 0 saturated carbocycles. The summed E-state index contributed by atoms with van der Waals surface area (Å²) >= 11 is 1.01. The van der Waals surface area contributed by atoms with Crippen LogP contribution in [0, 0.1) is 0 Å². The second-order valence-electron chi connectivity index (χ2n) is 2.71. The van der Waals surface area contributed by atoms with Gasteiger partial charge < -0.3 is 10.2 Å². The Morgan fingerprint density at radius 2 is 1.92 bits per heavy atom. The van der Waals surface area contributed by atoms with Crippen LogP contribution in [0.3, 0.4) is 0 Å². The molecular weight excluding hydrogens is 205 g/mol. The Balaban J connectivity index is 3.63. The van der Waals surface area contributed by atoms with Crippen molar-refractivity contribution in [3.05, 3.63) is 0 Å². The fourth-order valence-electron chi connectivity index (χ4n) is 0.615. The Morgan fingerprint density at radius 3 is 2.31 bits per heavy atom. The number of aliphatic hydroxyl groups is 2. The minimum absolute atomic E-state index is 0.0454. The fraction of sp³-hybridized carbons (Fsp3) is 1.00. The second-order valence-corrected chi connectivity index (χ2v) is 4.19. The molecule has 2 atom stereocenters. The largest absolute Gasteiger partial charge is 0.415 e. The highest BCUT2D eigenvalue weighted by molar-refractivity contribution is 7.99. The number of halogens is 3. The summed E-state index contributed by atoms with van der Waals surface area (Å²) in [5.74, 6) is -0.370. The van der Waals surface area contributed by atoms with E-state index in [1.165, 1.54) is 0 Å². The van der Waals surface area contributed by atoms with E-state index >= 15 is 0 Å². The zero-order chi connectivity index (χ0) is 10.5. The van der Waals surface area contributed by atoms with E-state index < -0.39 is 12.3 Å². The van der Waals surface area contributed by atoms with E-state index in [1.54, 1.807) is 6.92 Å². The van der Waals surface area contributed by atoms with Gasteiger partial charge in [0.05, 0.1) is 0 Å². The Kier molecular flexibility index (Phi) is 5.75. The van der Waals surface area contributed by atoms with E-state index in [9.17, 15) is 13.2 Å². The first-order valence-corrected chi connectivity index (χ1v) is 4.90. The lowest BCUT2D eigenvalue weighted by atomic mass is 10.3. The first-order chi connectivity index (χ1) is 5.88. The summed E-state index contributed by atoms with van der Waals surface area (Å²) in [5.41, 5.74) is 0. The van der Waals surface area contributed by atoms with Crippen molar-refractivity contribution in [2.24, 2.45) is 0 Å². The van der Waals surface area contributed by atoms with Crippen LogP contribution in [0.25, 0.3) is 0 Å². The Morgan fingerprint density at radius 1 is 1.38 bits per heavy atom. The maximum atomic E-state index is 11.8. The van der Waals surface area contributed by atoms with Crippen molar-refractivity contribution in [2.45, 2.75) is 30.9 Å². The monoisotopic (exact) mass is 218 g/mol. The number of hydrogen-bond donors (Lipinski definition) is 2. The summed E-state index contributed by atoms with van der Waals surface area (Å²) in [5, 5.41) is 17.0. The molecule has 0 aliphatic heterocycles. The SMILES string of the molecule is CC(CCO)SCC(O)C(F)(F)F. The summed E-state index contributed by atoms with van der Waals surface area (Å²) in [4.78, 5) is 0. The molecule has 0 aliphatic rings. The van der Waals surface area contributed by atoms with E-state index in [4.69, 9.17) is 10.2 Å². The van der Waals surface area contributed by atoms with Crippen LogP contribution in [0.15, 0.2) is 0 Å². The third-order valence-electron chi connectivity index (χ3n) is 1.45. The fourth-order valence-corrected chi connectivity index (χ4v) is 1.59. The minimum Gasteiger partial charge on any atom is -0.396 e. The minimum atomic E-state index is -4.54. The molecule has 0 aromatic carbocycles. The van der Waals surface area contributed by atoms with Crippen LogP contribution in [-0.4, -0.2) is 40.1 Å². The van der Waals surface area contributed by atoms with Crippen molar-refractivity contribution < 1.29 is 23.4 Å². The molecule has 2 nitrogen and oxygen atoms in total. The number of alkyl halides is 3. The van der Waals surface area contributed by atoms with E-state index in [0.29, 0.717) is 6.42 Å². The lowest BCUT2D eigenvalue weighted by molar-refractivity contribution is -0.195. The lowest BCUT2D eigenvalue weighted by Crippen LogP contribution is -2.31. The maximum absolute atomic E-state index is 11.8. The first-order valence-electron chi connectivity index (χ1n) is 3.85. The molecule has 0 amide bonds. The molecule has 0 radical (unpaired) electrons. The van der Waals surface area contributed by atoms with Crippen molar-refractivity contribution >= 4 is 11.8 Å². The summed E-state index contributed by atoms with van der Waals surface area (Å²) < 4.78 is 35.3. The predicted octanol–water partition coefficient (Wildman–Crippen LogP) is 1.41. The lowest BCUT2D eigenvalue weighted by Gasteiger charge is -2.16. The molecule has 0 aliphatic carbocycles. The summed E-state index contributed by atoms with van der Waals surface area (Å²) in [6.07, 6.45) is -6.36. The maximum Gasteiger partial charge on any atom is 0.415 e. The number of rotatable bonds is 5. The predicted molar refractivity (Wildman–Crippen MR) is 45.7 cm³/mol. The summed E-state index contributed by atoms with van der Waals surface area (Å²) in [6.45, 7) is 1.67. The van der Waals surface area contributed by atoms with Crippen LogP contribution >= 0.6 is 11.8 Å². The summed E-state index contributed by atoms with van der Waals surface area (Å²) in [7, 11) is 0. The van der Waals surface area contributed by atoms with Gasteiger partial charge in [0.25, 0.3) is 0 Å². The van der Waals surface area contributed by atoms with E-state index in [-0.39, 0.29) is 17.6 Å². The molecule has 0 spiro atoms. The molecule has 80 valence electrons. The van der Waals surface area contributed by atoms with Gasteiger partial charge in [0.1, 0.15) is 0 Å². The van der Waals surface area contributed by atoms with Gasteiger partial charge in [-0.05, 0) is 6.42 Å². The van der Waals surface area contributed by atoms with Crippen molar-refractivity contribution in [1.82, 2.24) is 0 Å². The highest BCUT2D eigenvalue weighted by Crippen LogP contribution is 2.25. The van der Waals surface area contributed by atoms with Gasteiger partial charge in [-0.15, -0.1) is 0 Å². The van der Waals surface area contributed by atoms with E-state index in [0.717, 1.165) is 11.8 Å². The van der Waals surface area contributed by atoms with Crippen molar-refractivity contribution in [3.63, 3.8) is 0 Å². The van der Waals surface area contributed by atoms with Crippen LogP contribution in [0.1, 0.15) is 13.3 Å². The van der Waals surface area contributed by atoms with Crippen LogP contribution in [-0.2, 0) is 0 Å². The van der Waals surface area contributed by atoms with Crippen molar-refractivity contribution in [2.75, 3.05) is 12.4 Å². The van der Waals surface area contributed by atoms with Gasteiger partial charge in [-0.1, -0.05) is 6.92 Å². The van der Waals surface area contributed by atoms with Crippen LogP contribution in [0.4, 0.5) is 13.2 Å². The topological polar surface area (TPSA) is 40.5 Å². The standard InChI is InChI=1S/C7H13F3O2S/c1-5(2-3-11)13-4-6(12)7(8,9)10/h5-6,11-12H,2-4H2,1H3. The molecule has 0 aromatic heterocycles.